The van der Waals surface area contributed by atoms with Gasteiger partial charge in [0.2, 0.25) is 5.95 Å². The van der Waals surface area contributed by atoms with Crippen molar-refractivity contribution in [2.75, 3.05) is 73.5 Å². The van der Waals surface area contributed by atoms with Gasteiger partial charge in [-0.3, -0.25) is 4.79 Å². The molecule has 6 rings (SSSR count). The van der Waals surface area contributed by atoms with Gasteiger partial charge in [-0.05, 0) is 61.3 Å². The van der Waals surface area contributed by atoms with Gasteiger partial charge in [0.25, 0.3) is 5.91 Å². The topological polar surface area (TPSA) is 121 Å². The number of rotatable bonds is 8. The molecule has 46 heavy (non-hydrogen) atoms. The molecule has 0 unspecified atom stereocenters. The van der Waals surface area contributed by atoms with Crippen molar-refractivity contribution < 1.29 is 22.3 Å². The molecule has 1 aromatic carbocycles. The van der Waals surface area contributed by atoms with Gasteiger partial charge in [0.15, 0.2) is 0 Å². The summed E-state index contributed by atoms with van der Waals surface area (Å²) in [7, 11) is -1.52. The van der Waals surface area contributed by atoms with Gasteiger partial charge in [-0.2, -0.15) is 4.98 Å². The second-order valence-corrected chi connectivity index (χ2v) is 14.7. The normalized spacial score (nSPS) is 22.3. The minimum absolute atomic E-state index is 0.0936. The number of likely N-dealkylation sites (tertiary alicyclic amines) is 1. The number of hydrogen-bond acceptors (Lipinski definition) is 10. The van der Waals surface area contributed by atoms with Crippen molar-refractivity contribution in [3.05, 3.63) is 42.2 Å². The van der Waals surface area contributed by atoms with E-state index in [0.29, 0.717) is 56.7 Å². The lowest BCUT2D eigenvalue weighted by Crippen LogP contribution is -2.49. The van der Waals surface area contributed by atoms with Crippen LogP contribution in [0.15, 0.2) is 36.7 Å². The van der Waals surface area contributed by atoms with Gasteiger partial charge in [0.1, 0.15) is 27.6 Å². The third kappa shape index (κ3) is 7.03. The summed E-state index contributed by atoms with van der Waals surface area (Å²) in [5.41, 5.74) is 2.13. The monoisotopic (exact) mass is 649 g/mol. The molecule has 1 N–H and O–H groups in total. The summed E-state index contributed by atoms with van der Waals surface area (Å²) >= 11 is 0. The Morgan fingerprint density at radius 1 is 1.07 bits per heavy atom. The first-order valence-electron chi connectivity index (χ1n) is 15.7. The van der Waals surface area contributed by atoms with Crippen LogP contribution in [-0.2, 0) is 19.4 Å². The van der Waals surface area contributed by atoms with Crippen molar-refractivity contribution in [3.8, 4) is 11.8 Å². The van der Waals surface area contributed by atoms with E-state index < -0.39 is 22.1 Å². The van der Waals surface area contributed by atoms with Gasteiger partial charge < -0.3 is 24.8 Å². The molecule has 3 fully saturated rings. The molecule has 3 aliphatic rings. The number of nitrogens with one attached hydrogen (secondary N) is 1. The zero-order valence-corrected chi connectivity index (χ0v) is 27.3. The smallest absolute Gasteiger partial charge is 0.298 e. The first-order valence-corrected chi connectivity index (χ1v) is 17.8. The Labute approximate surface area is 269 Å². The largest absolute Gasteiger partial charge is 0.378 e. The van der Waals surface area contributed by atoms with Crippen LogP contribution in [0.2, 0.25) is 0 Å². The van der Waals surface area contributed by atoms with Gasteiger partial charge in [-0.1, -0.05) is 12.0 Å². The van der Waals surface area contributed by atoms with E-state index in [0.717, 1.165) is 34.9 Å². The SMILES string of the molecule is CC#CC(=O)N1CCC[C@H](c2ccc(N3CC(CS(C)(=O)=O)C3)c3cnc(Nc4ccnc(N5CC[C@@H](OC)[C@@H](F)C5)n4)cc23)C1. The van der Waals surface area contributed by atoms with Crippen molar-refractivity contribution in [2.45, 2.75) is 44.4 Å². The van der Waals surface area contributed by atoms with E-state index >= 15 is 0 Å². The van der Waals surface area contributed by atoms with Crippen LogP contribution in [0.4, 0.5) is 27.7 Å². The summed E-state index contributed by atoms with van der Waals surface area (Å²) in [6.07, 6.45) is 5.60. The zero-order valence-electron chi connectivity index (χ0n) is 26.4. The summed E-state index contributed by atoms with van der Waals surface area (Å²) < 4.78 is 43.6. The van der Waals surface area contributed by atoms with E-state index in [1.54, 1.807) is 19.2 Å². The van der Waals surface area contributed by atoms with Crippen molar-refractivity contribution in [1.29, 1.82) is 0 Å². The quantitative estimate of drug-likeness (QED) is 0.363. The average molecular weight is 650 g/mol. The Balaban J connectivity index is 1.29. The molecule has 3 saturated heterocycles. The number of carbonyl (C=O) groups is 1. The van der Waals surface area contributed by atoms with Crippen LogP contribution in [0.1, 0.15) is 37.7 Å². The Kier molecular flexibility index (Phi) is 9.29. The molecule has 5 heterocycles. The van der Waals surface area contributed by atoms with Crippen molar-refractivity contribution in [2.24, 2.45) is 5.92 Å². The van der Waals surface area contributed by atoms with Crippen LogP contribution >= 0.6 is 0 Å². The Bertz CT molecular complexity index is 1770. The van der Waals surface area contributed by atoms with Crippen LogP contribution in [0, 0.1) is 17.8 Å². The lowest BCUT2D eigenvalue weighted by molar-refractivity contribution is -0.126. The highest BCUT2D eigenvalue weighted by molar-refractivity contribution is 7.90. The fourth-order valence-electron chi connectivity index (χ4n) is 6.88. The number of piperidine rings is 2. The Hall–Kier alpha value is -4.02. The molecular formula is C33H40FN7O4S. The third-order valence-electron chi connectivity index (χ3n) is 9.09. The van der Waals surface area contributed by atoms with E-state index in [9.17, 15) is 17.6 Å². The van der Waals surface area contributed by atoms with Crippen molar-refractivity contribution >= 4 is 49.8 Å². The summed E-state index contributed by atoms with van der Waals surface area (Å²) in [6, 6.07) is 7.99. The maximum atomic E-state index is 14.6. The molecule has 0 radical (unpaired) electrons. The molecule has 0 aliphatic carbocycles. The van der Waals surface area contributed by atoms with Gasteiger partial charge in [-0.25, -0.2) is 22.8 Å². The molecule has 0 spiro atoms. The second kappa shape index (κ2) is 13.4. The summed E-state index contributed by atoms with van der Waals surface area (Å²) in [6.45, 7) is 5.01. The molecule has 1 amide bonds. The van der Waals surface area contributed by atoms with Crippen molar-refractivity contribution in [1.82, 2.24) is 19.9 Å². The Morgan fingerprint density at radius 2 is 1.89 bits per heavy atom. The molecule has 0 bridgehead atoms. The second-order valence-electron chi connectivity index (χ2n) is 12.5. The number of fused-ring (bicyclic) bond motifs is 1. The fraction of sp³-hybridized carbons (Fsp3) is 0.515. The number of alkyl halides is 1. The molecule has 3 aromatic rings. The molecule has 2 aromatic heterocycles. The number of benzene rings is 1. The Morgan fingerprint density at radius 3 is 2.63 bits per heavy atom. The van der Waals surface area contributed by atoms with Crippen LogP contribution < -0.4 is 15.1 Å². The number of carbonyl (C=O) groups excluding carboxylic acids is 1. The lowest BCUT2D eigenvalue weighted by atomic mass is 9.86. The zero-order chi connectivity index (χ0) is 32.4. The van der Waals surface area contributed by atoms with Gasteiger partial charge in [0, 0.05) is 81.4 Å². The van der Waals surface area contributed by atoms with Crippen LogP contribution in [-0.4, -0.2) is 105 Å². The minimum atomic E-state index is -3.05. The standard InChI is InChI=1S/C33H40FN7O4S/c1-4-6-32(42)39-13-5-7-23(19-39)24-8-9-28(41-17-22(18-41)21-46(3,43)44)26-16-36-31(15-25(24)26)37-30-10-12-35-33(38-30)40-14-11-29(45-2)27(34)20-40/h8-10,12,15-16,22-23,27,29H,5,7,11,13-14,17-21H2,1-3H3,(H,35,36,37,38)/t23-,27-,29+/m0/s1. The molecule has 244 valence electrons. The highest BCUT2D eigenvalue weighted by Gasteiger charge is 2.33. The molecule has 13 heteroatoms. The molecule has 3 aliphatic heterocycles. The number of sulfone groups is 1. The van der Waals surface area contributed by atoms with Gasteiger partial charge >= 0.3 is 0 Å². The molecular weight excluding hydrogens is 609 g/mol. The van der Waals surface area contributed by atoms with Gasteiger partial charge in [0.05, 0.1) is 18.4 Å². The number of methoxy groups -OCH3 is 1. The van der Waals surface area contributed by atoms with E-state index in [2.05, 4.69) is 44.2 Å². The van der Waals surface area contributed by atoms with Crippen LogP contribution in [0.3, 0.4) is 0 Å². The van der Waals surface area contributed by atoms with E-state index in [1.165, 1.54) is 13.4 Å². The lowest BCUT2D eigenvalue weighted by Gasteiger charge is -2.41. The number of aromatic nitrogens is 3. The summed E-state index contributed by atoms with van der Waals surface area (Å²) in [5, 5.41) is 5.30. The number of anilines is 4. The van der Waals surface area contributed by atoms with E-state index in [4.69, 9.17) is 9.72 Å². The number of halogens is 1. The molecule has 3 atom stereocenters. The number of nitrogens with zero attached hydrogens (tertiary/aromatic N) is 6. The first-order chi connectivity index (χ1) is 22.1. The maximum Gasteiger partial charge on any atom is 0.298 e. The predicted octanol–water partition coefficient (Wildman–Crippen LogP) is 3.54. The first kappa shape index (κ1) is 31.9. The fourth-order valence-corrected chi connectivity index (χ4v) is 7.95. The summed E-state index contributed by atoms with van der Waals surface area (Å²) in [4.78, 5) is 32.3. The predicted molar refractivity (Wildman–Crippen MR) is 177 cm³/mol. The van der Waals surface area contributed by atoms with Crippen LogP contribution in [0.25, 0.3) is 10.8 Å². The number of ether oxygens (including phenoxy) is 1. The van der Waals surface area contributed by atoms with Gasteiger partial charge in [-0.15, -0.1) is 0 Å². The average Bonchev–Trinajstić information content (AvgIpc) is 3.02. The van der Waals surface area contributed by atoms with Crippen molar-refractivity contribution in [3.63, 3.8) is 0 Å². The maximum absolute atomic E-state index is 14.6. The van der Waals surface area contributed by atoms with E-state index in [-0.39, 0.29) is 30.0 Å². The van der Waals surface area contributed by atoms with Crippen LogP contribution in [0.5, 0.6) is 0 Å². The molecule has 0 saturated carbocycles. The number of hydrogen-bond donors (Lipinski definition) is 1. The minimum Gasteiger partial charge on any atom is -0.378 e. The third-order valence-corrected chi connectivity index (χ3v) is 10.2. The summed E-state index contributed by atoms with van der Waals surface area (Å²) in [5.74, 6) is 7.21. The number of amides is 1. The molecule has 11 nitrogen and oxygen atoms in total. The highest BCUT2D eigenvalue weighted by atomic mass is 32.2. The number of pyridine rings is 1. The highest BCUT2D eigenvalue weighted by Crippen LogP contribution is 2.39. The van der Waals surface area contributed by atoms with E-state index in [1.807, 2.05) is 22.1 Å².